The molecule has 1 fully saturated rings. The number of piperidine rings is 1. The van der Waals surface area contributed by atoms with Crippen molar-refractivity contribution in [2.75, 3.05) is 31.6 Å². The largest absolute Gasteiger partial charge is 0.481 e. The first-order valence-electron chi connectivity index (χ1n) is 7.39. The Morgan fingerprint density at radius 1 is 1.30 bits per heavy atom. The maximum atomic E-state index is 11.9. The topological polar surface area (TPSA) is 69.6 Å². The fourth-order valence-corrected chi connectivity index (χ4v) is 2.89. The van der Waals surface area contributed by atoms with E-state index in [-0.39, 0.29) is 6.03 Å². The molecule has 0 spiro atoms. The van der Waals surface area contributed by atoms with Gasteiger partial charge in [-0.15, -0.1) is 0 Å². The predicted molar refractivity (Wildman–Crippen MR) is 82.2 cm³/mol. The lowest BCUT2D eigenvalue weighted by Crippen LogP contribution is -2.47. The molecule has 1 heterocycles. The van der Waals surface area contributed by atoms with Crippen LogP contribution in [0.4, 0.5) is 4.79 Å². The smallest absolute Gasteiger partial charge is 0.317 e. The second kappa shape index (κ2) is 9.91. The van der Waals surface area contributed by atoms with Crippen LogP contribution in [0.25, 0.3) is 0 Å². The van der Waals surface area contributed by atoms with Crippen LogP contribution in [0.3, 0.4) is 0 Å². The number of aliphatic carboxylic acids is 1. The Labute approximate surface area is 125 Å². The van der Waals surface area contributed by atoms with Gasteiger partial charge in [0.25, 0.3) is 0 Å². The summed E-state index contributed by atoms with van der Waals surface area (Å²) in [5.74, 6) is 0.00816. The predicted octanol–water partition coefficient (Wildman–Crippen LogP) is 2.42. The number of urea groups is 1. The van der Waals surface area contributed by atoms with E-state index in [4.69, 9.17) is 5.11 Å². The summed E-state index contributed by atoms with van der Waals surface area (Å²) in [6, 6.07) is -0.111. The Morgan fingerprint density at radius 2 is 2.05 bits per heavy atom. The number of thioether (sulfide) groups is 1. The van der Waals surface area contributed by atoms with Crippen molar-refractivity contribution in [3.8, 4) is 0 Å². The average Bonchev–Trinajstić information content (AvgIpc) is 2.46. The minimum absolute atomic E-state index is 0.111. The van der Waals surface area contributed by atoms with Crippen molar-refractivity contribution in [1.82, 2.24) is 10.2 Å². The number of carboxylic acid groups (broad SMARTS) is 1. The van der Waals surface area contributed by atoms with Crippen LogP contribution in [0.15, 0.2) is 0 Å². The number of carbonyl (C=O) groups is 2. The summed E-state index contributed by atoms with van der Waals surface area (Å²) in [5.41, 5.74) is 0. The van der Waals surface area contributed by atoms with E-state index in [9.17, 15) is 9.59 Å². The third kappa shape index (κ3) is 6.50. The molecule has 2 amide bonds. The van der Waals surface area contributed by atoms with Gasteiger partial charge in [-0.05, 0) is 37.7 Å². The van der Waals surface area contributed by atoms with Gasteiger partial charge >= 0.3 is 12.0 Å². The molecule has 0 aliphatic carbocycles. The van der Waals surface area contributed by atoms with Crippen LogP contribution in [0.5, 0.6) is 0 Å². The summed E-state index contributed by atoms with van der Waals surface area (Å²) in [6.45, 7) is 1.70. The number of amides is 2. The van der Waals surface area contributed by atoms with E-state index in [1.165, 1.54) is 18.6 Å². The van der Waals surface area contributed by atoms with Crippen LogP contribution in [0.1, 0.15) is 38.5 Å². The van der Waals surface area contributed by atoms with Gasteiger partial charge in [0.15, 0.2) is 0 Å². The molecule has 1 aliphatic heterocycles. The summed E-state index contributed by atoms with van der Waals surface area (Å²) < 4.78 is 0. The van der Waals surface area contributed by atoms with Crippen LogP contribution < -0.4 is 5.32 Å². The Morgan fingerprint density at radius 3 is 2.75 bits per heavy atom. The standard InChI is InChI=1S/C14H26N2O3S/c1-20-10-5-3-2-4-8-15-14(19)16-9-6-7-12(11-16)13(17)18/h12H,2-11H2,1H3,(H,15,19)(H,17,18)/t12-/m0/s1. The Kier molecular flexibility index (Phi) is 8.49. The zero-order valence-electron chi connectivity index (χ0n) is 12.3. The first-order valence-corrected chi connectivity index (χ1v) is 8.79. The molecular weight excluding hydrogens is 276 g/mol. The summed E-state index contributed by atoms with van der Waals surface area (Å²) in [7, 11) is 0. The highest BCUT2D eigenvalue weighted by Gasteiger charge is 2.27. The SMILES string of the molecule is CSCCCCCCNC(=O)N1CCC[C@H](C(=O)O)C1. The van der Waals surface area contributed by atoms with Gasteiger partial charge in [-0.1, -0.05) is 12.8 Å². The van der Waals surface area contributed by atoms with E-state index in [1.807, 2.05) is 11.8 Å². The first-order chi connectivity index (χ1) is 9.65. The van der Waals surface area contributed by atoms with Crippen molar-refractivity contribution < 1.29 is 14.7 Å². The number of carbonyl (C=O) groups excluding carboxylic acids is 1. The van der Waals surface area contributed by atoms with Crippen molar-refractivity contribution in [1.29, 1.82) is 0 Å². The number of likely N-dealkylation sites (tertiary alicyclic amines) is 1. The lowest BCUT2D eigenvalue weighted by molar-refractivity contribution is -0.143. The molecular formula is C14H26N2O3S. The second-order valence-electron chi connectivity index (χ2n) is 5.26. The van der Waals surface area contributed by atoms with E-state index < -0.39 is 11.9 Å². The molecule has 0 aromatic rings. The lowest BCUT2D eigenvalue weighted by atomic mass is 9.99. The quantitative estimate of drug-likeness (QED) is 0.676. The van der Waals surface area contributed by atoms with Crippen LogP contribution in [-0.2, 0) is 4.79 Å². The number of carboxylic acids is 1. The van der Waals surface area contributed by atoms with Gasteiger partial charge in [-0.2, -0.15) is 11.8 Å². The van der Waals surface area contributed by atoms with Gasteiger partial charge in [-0.25, -0.2) is 4.79 Å². The molecule has 0 radical (unpaired) electrons. The normalized spacial score (nSPS) is 18.9. The van der Waals surface area contributed by atoms with Gasteiger partial charge in [0.2, 0.25) is 0 Å². The van der Waals surface area contributed by atoms with Crippen LogP contribution in [0.2, 0.25) is 0 Å². The maximum Gasteiger partial charge on any atom is 0.317 e. The molecule has 1 saturated heterocycles. The van der Waals surface area contributed by atoms with E-state index in [0.717, 1.165) is 19.3 Å². The molecule has 0 saturated carbocycles. The molecule has 0 aromatic heterocycles. The zero-order valence-corrected chi connectivity index (χ0v) is 13.1. The summed E-state index contributed by atoms with van der Waals surface area (Å²) in [6.07, 6.45) is 8.15. The van der Waals surface area contributed by atoms with Gasteiger partial charge in [-0.3, -0.25) is 4.79 Å². The number of hydrogen-bond donors (Lipinski definition) is 2. The highest BCUT2D eigenvalue weighted by atomic mass is 32.2. The Hall–Kier alpha value is -0.910. The third-order valence-corrected chi connectivity index (χ3v) is 4.31. The molecule has 5 nitrogen and oxygen atoms in total. The van der Waals surface area contributed by atoms with Gasteiger partial charge in [0.05, 0.1) is 5.92 Å². The van der Waals surface area contributed by atoms with Crippen molar-refractivity contribution in [3.63, 3.8) is 0 Å². The van der Waals surface area contributed by atoms with E-state index in [2.05, 4.69) is 11.6 Å². The highest BCUT2D eigenvalue weighted by molar-refractivity contribution is 7.98. The number of nitrogens with one attached hydrogen (secondary N) is 1. The number of rotatable bonds is 8. The number of unbranched alkanes of at least 4 members (excludes halogenated alkanes) is 3. The highest BCUT2D eigenvalue weighted by Crippen LogP contribution is 2.16. The number of hydrogen-bond acceptors (Lipinski definition) is 3. The van der Waals surface area contributed by atoms with Crippen molar-refractivity contribution in [2.45, 2.75) is 38.5 Å². The average molecular weight is 302 g/mol. The Bertz CT molecular complexity index is 313. The molecule has 0 bridgehead atoms. The summed E-state index contributed by atoms with van der Waals surface area (Å²) in [4.78, 5) is 24.5. The molecule has 1 atom stereocenters. The van der Waals surface area contributed by atoms with E-state index in [0.29, 0.717) is 26.1 Å². The van der Waals surface area contributed by atoms with Crippen molar-refractivity contribution in [3.05, 3.63) is 0 Å². The third-order valence-electron chi connectivity index (χ3n) is 3.61. The van der Waals surface area contributed by atoms with Crippen LogP contribution in [0, 0.1) is 5.92 Å². The molecule has 6 heteroatoms. The molecule has 1 aliphatic rings. The van der Waals surface area contributed by atoms with Gasteiger partial charge < -0.3 is 15.3 Å². The monoisotopic (exact) mass is 302 g/mol. The molecule has 1 rings (SSSR count). The second-order valence-corrected chi connectivity index (χ2v) is 6.25. The fraction of sp³-hybridized carbons (Fsp3) is 0.857. The fourth-order valence-electron chi connectivity index (χ4n) is 2.40. The molecule has 2 N–H and O–H groups in total. The molecule has 116 valence electrons. The van der Waals surface area contributed by atoms with Crippen LogP contribution in [-0.4, -0.2) is 53.6 Å². The summed E-state index contributed by atoms with van der Waals surface area (Å²) in [5, 5.41) is 11.9. The molecule has 0 aromatic carbocycles. The first kappa shape index (κ1) is 17.1. The molecule has 0 unspecified atom stereocenters. The van der Waals surface area contributed by atoms with E-state index in [1.54, 1.807) is 4.90 Å². The molecule has 20 heavy (non-hydrogen) atoms. The zero-order chi connectivity index (χ0) is 14.8. The Balaban J connectivity index is 2.11. The lowest BCUT2D eigenvalue weighted by Gasteiger charge is -2.30. The minimum atomic E-state index is -0.795. The van der Waals surface area contributed by atoms with Gasteiger partial charge in [0, 0.05) is 19.6 Å². The summed E-state index contributed by atoms with van der Waals surface area (Å²) >= 11 is 1.87. The van der Waals surface area contributed by atoms with Crippen molar-refractivity contribution in [2.24, 2.45) is 5.92 Å². The van der Waals surface area contributed by atoms with Crippen LogP contribution >= 0.6 is 11.8 Å². The maximum absolute atomic E-state index is 11.9. The van der Waals surface area contributed by atoms with Crippen molar-refractivity contribution >= 4 is 23.8 Å². The van der Waals surface area contributed by atoms with Gasteiger partial charge in [0.1, 0.15) is 0 Å². The van der Waals surface area contributed by atoms with E-state index >= 15 is 0 Å². The number of nitrogens with zero attached hydrogens (tertiary/aromatic N) is 1. The minimum Gasteiger partial charge on any atom is -0.481 e.